The number of carboxylic acid groups (broad SMARTS) is 1. The van der Waals surface area contributed by atoms with Gasteiger partial charge in [-0.05, 0) is 43.7 Å². The van der Waals surface area contributed by atoms with Crippen molar-refractivity contribution in [2.24, 2.45) is 11.7 Å². The van der Waals surface area contributed by atoms with Gasteiger partial charge >= 0.3 is 5.97 Å². The van der Waals surface area contributed by atoms with Crippen molar-refractivity contribution in [2.45, 2.75) is 76.7 Å². The number of rotatable bonds is 11. The molecule has 1 aliphatic rings. The van der Waals surface area contributed by atoms with Gasteiger partial charge in [0, 0.05) is 30.1 Å². The van der Waals surface area contributed by atoms with Crippen molar-refractivity contribution in [1.29, 1.82) is 0 Å². The van der Waals surface area contributed by atoms with Gasteiger partial charge in [-0.15, -0.1) is 0 Å². The van der Waals surface area contributed by atoms with Gasteiger partial charge in [0.1, 0.15) is 18.1 Å². The molecule has 1 fully saturated rings. The van der Waals surface area contributed by atoms with Crippen molar-refractivity contribution in [3.8, 4) is 0 Å². The molecule has 2 heterocycles. The Kier molecular flexibility index (Phi) is 9.28. The first-order valence-electron chi connectivity index (χ1n) is 12.6. The van der Waals surface area contributed by atoms with Crippen LogP contribution in [0.15, 0.2) is 30.5 Å². The highest BCUT2D eigenvalue weighted by atomic mass is 16.4. The van der Waals surface area contributed by atoms with E-state index in [9.17, 15) is 29.4 Å². The summed E-state index contributed by atoms with van der Waals surface area (Å²) in [6, 6.07) is 3.15. The van der Waals surface area contributed by atoms with Crippen LogP contribution < -0.4 is 16.4 Å². The first-order chi connectivity index (χ1) is 17.5. The van der Waals surface area contributed by atoms with E-state index in [-0.39, 0.29) is 18.2 Å². The molecule has 7 N–H and O–H groups in total. The molecule has 0 saturated carbocycles. The minimum absolute atomic E-state index is 0.00417. The Hall–Kier alpha value is -3.44. The van der Waals surface area contributed by atoms with Crippen LogP contribution in [0, 0.1) is 5.92 Å². The number of carbonyl (C=O) groups excluding carboxylic acids is 3. The molecule has 1 aromatic carbocycles. The first kappa shape index (κ1) is 28.1. The molecule has 5 atom stereocenters. The number of fused-ring (bicyclic) bond motifs is 1. The third kappa shape index (κ3) is 6.86. The van der Waals surface area contributed by atoms with Crippen LogP contribution in [0.3, 0.4) is 0 Å². The Morgan fingerprint density at radius 2 is 1.86 bits per heavy atom. The van der Waals surface area contributed by atoms with E-state index >= 15 is 0 Å². The Bertz CT molecular complexity index is 1130. The second-order valence-electron chi connectivity index (χ2n) is 10.1. The fraction of sp³-hybridized carbons (Fsp3) is 0.538. The zero-order valence-corrected chi connectivity index (χ0v) is 21.4. The van der Waals surface area contributed by atoms with E-state index in [2.05, 4.69) is 15.6 Å². The van der Waals surface area contributed by atoms with Crippen LogP contribution in [0.4, 0.5) is 0 Å². The molecule has 1 aromatic heterocycles. The largest absolute Gasteiger partial charge is 0.480 e. The predicted octanol–water partition coefficient (Wildman–Crippen LogP) is 0.510. The fourth-order valence-corrected chi connectivity index (χ4v) is 4.76. The van der Waals surface area contributed by atoms with Crippen LogP contribution in [0.5, 0.6) is 0 Å². The van der Waals surface area contributed by atoms with Crippen molar-refractivity contribution in [1.82, 2.24) is 20.5 Å². The molecule has 0 bridgehead atoms. The number of aromatic amines is 1. The van der Waals surface area contributed by atoms with Crippen LogP contribution in [-0.4, -0.2) is 80.6 Å². The van der Waals surface area contributed by atoms with Gasteiger partial charge in [0.15, 0.2) is 0 Å². The summed E-state index contributed by atoms with van der Waals surface area (Å²) in [6.07, 6.45) is 1.88. The smallest absolute Gasteiger partial charge is 0.326 e. The van der Waals surface area contributed by atoms with Crippen molar-refractivity contribution < 1.29 is 29.4 Å². The number of likely N-dealkylation sites (tertiary alicyclic amines) is 1. The van der Waals surface area contributed by atoms with Gasteiger partial charge in [-0.1, -0.05) is 32.0 Å². The van der Waals surface area contributed by atoms with E-state index in [1.54, 1.807) is 6.20 Å². The lowest BCUT2D eigenvalue weighted by Crippen LogP contribution is -2.59. The number of aliphatic carboxylic acids is 1. The number of aliphatic hydroxyl groups is 1. The normalized spacial score (nSPS) is 18.9. The summed E-state index contributed by atoms with van der Waals surface area (Å²) in [6.45, 7) is 5.61. The average Bonchev–Trinajstić information content (AvgIpc) is 3.48. The van der Waals surface area contributed by atoms with Gasteiger partial charge in [-0.25, -0.2) is 4.79 Å². The van der Waals surface area contributed by atoms with E-state index < -0.39 is 48.1 Å². The summed E-state index contributed by atoms with van der Waals surface area (Å²) in [5.41, 5.74) is 7.59. The summed E-state index contributed by atoms with van der Waals surface area (Å²) in [5.74, 6) is -2.78. The Morgan fingerprint density at radius 1 is 1.16 bits per heavy atom. The summed E-state index contributed by atoms with van der Waals surface area (Å²) >= 11 is 0. The highest BCUT2D eigenvalue weighted by molar-refractivity contribution is 5.95. The van der Waals surface area contributed by atoms with E-state index in [1.165, 1.54) is 11.8 Å². The van der Waals surface area contributed by atoms with Crippen LogP contribution in [0.2, 0.25) is 0 Å². The monoisotopic (exact) mass is 515 g/mol. The van der Waals surface area contributed by atoms with Gasteiger partial charge < -0.3 is 36.5 Å². The molecule has 11 nitrogen and oxygen atoms in total. The number of nitrogens with zero attached hydrogens (tertiary/aromatic N) is 1. The zero-order chi connectivity index (χ0) is 27.3. The van der Waals surface area contributed by atoms with Crippen LogP contribution >= 0.6 is 0 Å². The lowest BCUT2D eigenvalue weighted by Gasteiger charge is -2.29. The molecule has 1 aliphatic heterocycles. The van der Waals surface area contributed by atoms with E-state index in [0.29, 0.717) is 31.4 Å². The molecule has 202 valence electrons. The van der Waals surface area contributed by atoms with Gasteiger partial charge in [-0.3, -0.25) is 14.4 Å². The first-order valence-corrected chi connectivity index (χ1v) is 12.6. The number of H-pyrrole nitrogens is 1. The van der Waals surface area contributed by atoms with Crippen molar-refractivity contribution >= 4 is 34.6 Å². The number of carbonyl (C=O) groups is 4. The molecule has 3 amide bonds. The van der Waals surface area contributed by atoms with Crippen molar-refractivity contribution in [3.63, 3.8) is 0 Å². The second-order valence-corrected chi connectivity index (χ2v) is 10.1. The van der Waals surface area contributed by atoms with Crippen molar-refractivity contribution in [3.05, 3.63) is 36.0 Å². The lowest BCUT2D eigenvalue weighted by molar-refractivity contribution is -0.144. The molecule has 0 aliphatic carbocycles. The predicted molar refractivity (Wildman–Crippen MR) is 137 cm³/mol. The maximum absolute atomic E-state index is 13.1. The van der Waals surface area contributed by atoms with E-state index in [0.717, 1.165) is 10.9 Å². The van der Waals surface area contributed by atoms with Crippen LogP contribution in [0.25, 0.3) is 10.9 Å². The van der Waals surface area contributed by atoms with Crippen LogP contribution in [0.1, 0.15) is 45.6 Å². The number of carboxylic acids is 1. The molecule has 37 heavy (non-hydrogen) atoms. The number of hydrogen-bond acceptors (Lipinski definition) is 6. The summed E-state index contributed by atoms with van der Waals surface area (Å²) in [7, 11) is 0. The maximum Gasteiger partial charge on any atom is 0.326 e. The average molecular weight is 516 g/mol. The molecule has 5 unspecified atom stereocenters. The molecule has 1 saturated heterocycles. The highest BCUT2D eigenvalue weighted by Gasteiger charge is 2.39. The minimum atomic E-state index is -1.40. The third-order valence-corrected chi connectivity index (χ3v) is 6.66. The minimum Gasteiger partial charge on any atom is -0.480 e. The molecule has 0 radical (unpaired) electrons. The number of hydrogen-bond donors (Lipinski definition) is 6. The van der Waals surface area contributed by atoms with Crippen LogP contribution in [-0.2, 0) is 25.6 Å². The van der Waals surface area contributed by atoms with Crippen molar-refractivity contribution in [2.75, 3.05) is 6.54 Å². The summed E-state index contributed by atoms with van der Waals surface area (Å²) in [5, 5.41) is 25.8. The van der Waals surface area contributed by atoms with Gasteiger partial charge in [0.25, 0.3) is 0 Å². The topological polar surface area (TPSA) is 178 Å². The zero-order valence-electron chi connectivity index (χ0n) is 21.4. The molecular weight excluding hydrogens is 478 g/mol. The number of para-hydroxylation sites is 1. The Balaban J connectivity index is 1.69. The standard InChI is InChI=1S/C26H37N5O6/c1-14(2)11-18(27)25(35)31-10-6-9-21(31)23(33)30-22(15(3)32)24(34)29-20(26(36)37)12-16-13-28-19-8-5-4-7-17(16)19/h4-5,7-8,13-15,18,20-22,28,32H,6,9-12,27H2,1-3H3,(H,29,34)(H,30,33)(H,36,37). The van der Waals surface area contributed by atoms with E-state index in [4.69, 9.17) is 5.73 Å². The molecule has 0 spiro atoms. The molecular formula is C26H37N5O6. The lowest BCUT2D eigenvalue weighted by atomic mass is 10.0. The third-order valence-electron chi connectivity index (χ3n) is 6.66. The number of nitrogens with two attached hydrogens (primary N) is 1. The quantitative estimate of drug-likeness (QED) is 0.252. The number of aromatic nitrogens is 1. The highest BCUT2D eigenvalue weighted by Crippen LogP contribution is 2.21. The van der Waals surface area contributed by atoms with E-state index in [1.807, 2.05) is 38.1 Å². The second kappa shape index (κ2) is 12.2. The fourth-order valence-electron chi connectivity index (χ4n) is 4.76. The number of benzene rings is 1. The SMILES string of the molecule is CC(C)CC(N)C(=O)N1CCCC1C(=O)NC(C(=O)NC(Cc1c[nH]c2ccccc12)C(=O)O)C(C)O. The molecule has 3 rings (SSSR count). The molecule has 11 heteroatoms. The number of aliphatic hydroxyl groups excluding tert-OH is 1. The number of amides is 3. The van der Waals surface area contributed by atoms with Gasteiger partial charge in [0.05, 0.1) is 12.1 Å². The Labute approximate surface area is 215 Å². The van der Waals surface area contributed by atoms with Gasteiger partial charge in [0.2, 0.25) is 17.7 Å². The Morgan fingerprint density at radius 3 is 2.51 bits per heavy atom. The van der Waals surface area contributed by atoms with Gasteiger partial charge in [-0.2, -0.15) is 0 Å². The summed E-state index contributed by atoms with van der Waals surface area (Å²) < 4.78 is 0. The summed E-state index contributed by atoms with van der Waals surface area (Å²) in [4.78, 5) is 55.4. The molecule has 2 aromatic rings. The number of nitrogens with one attached hydrogen (secondary N) is 3. The maximum atomic E-state index is 13.1.